The average Bonchev–Trinajstić information content (AvgIpc) is 2.46. The van der Waals surface area contributed by atoms with Gasteiger partial charge in [0.25, 0.3) is 0 Å². The summed E-state index contributed by atoms with van der Waals surface area (Å²) in [5.74, 6) is 0. The first-order valence-corrected chi connectivity index (χ1v) is 6.11. The summed E-state index contributed by atoms with van der Waals surface area (Å²) in [6, 6.07) is 8.95. The van der Waals surface area contributed by atoms with Crippen molar-refractivity contribution in [2.45, 2.75) is 12.2 Å². The Bertz CT molecular complexity index is 400. The van der Waals surface area contributed by atoms with Crippen molar-refractivity contribution in [2.24, 2.45) is 0 Å². The van der Waals surface area contributed by atoms with Crippen LogP contribution in [0.4, 0.5) is 0 Å². The normalized spacial score (nSPS) is 13.8. The Morgan fingerprint density at radius 3 is 2.47 bits per heavy atom. The van der Waals surface area contributed by atoms with Gasteiger partial charge >= 0.3 is 0 Å². The molecule has 2 atom stereocenters. The molecule has 19 heavy (non-hydrogen) atoms. The summed E-state index contributed by atoms with van der Waals surface area (Å²) < 4.78 is 10.2. The predicted octanol–water partition coefficient (Wildman–Crippen LogP) is 0.843. The zero-order chi connectivity index (χ0) is 14.1. The third kappa shape index (κ3) is 5.37. The van der Waals surface area contributed by atoms with E-state index < -0.39 is 6.10 Å². The molecule has 0 aliphatic rings. The first-order chi connectivity index (χ1) is 9.21. The van der Waals surface area contributed by atoms with Gasteiger partial charge in [-0.3, -0.25) is 0 Å². The standard InChI is InChI=1S/C14H20N2O3/c1-18-10-13(19-2)8-16-9-14(17)12-5-3-11(7-15)4-6-12/h3-6,13-14,16-17H,8-10H2,1-2H3. The van der Waals surface area contributed by atoms with E-state index in [-0.39, 0.29) is 6.10 Å². The van der Waals surface area contributed by atoms with E-state index in [1.807, 2.05) is 6.07 Å². The third-order valence-corrected chi connectivity index (χ3v) is 2.82. The van der Waals surface area contributed by atoms with Gasteiger partial charge in [0.15, 0.2) is 0 Å². The molecular formula is C14H20N2O3. The quantitative estimate of drug-likeness (QED) is 0.728. The van der Waals surface area contributed by atoms with Gasteiger partial charge in [0.05, 0.1) is 30.4 Å². The lowest BCUT2D eigenvalue weighted by molar-refractivity contribution is 0.0270. The topological polar surface area (TPSA) is 74.5 Å². The number of rotatable bonds is 8. The molecular weight excluding hydrogens is 244 g/mol. The fourth-order valence-electron chi connectivity index (χ4n) is 1.67. The lowest BCUT2D eigenvalue weighted by Gasteiger charge is -2.17. The lowest BCUT2D eigenvalue weighted by atomic mass is 10.1. The molecule has 0 saturated carbocycles. The number of nitrogens with one attached hydrogen (secondary N) is 1. The van der Waals surface area contributed by atoms with Gasteiger partial charge < -0.3 is 19.9 Å². The van der Waals surface area contributed by atoms with Crippen molar-refractivity contribution in [1.29, 1.82) is 5.26 Å². The van der Waals surface area contributed by atoms with Gasteiger partial charge in [-0.05, 0) is 17.7 Å². The van der Waals surface area contributed by atoms with Crippen LogP contribution < -0.4 is 5.32 Å². The number of methoxy groups -OCH3 is 2. The van der Waals surface area contributed by atoms with Gasteiger partial charge in [-0.2, -0.15) is 5.26 Å². The zero-order valence-corrected chi connectivity index (χ0v) is 11.3. The first-order valence-electron chi connectivity index (χ1n) is 6.11. The van der Waals surface area contributed by atoms with E-state index >= 15 is 0 Å². The second-order valence-electron chi connectivity index (χ2n) is 4.22. The average molecular weight is 264 g/mol. The molecule has 104 valence electrons. The van der Waals surface area contributed by atoms with Crippen LogP contribution in [0.2, 0.25) is 0 Å². The van der Waals surface area contributed by atoms with Crippen molar-refractivity contribution in [3.05, 3.63) is 35.4 Å². The van der Waals surface area contributed by atoms with Crippen LogP contribution in [0, 0.1) is 11.3 Å². The van der Waals surface area contributed by atoms with Crippen LogP contribution in [0.5, 0.6) is 0 Å². The number of benzene rings is 1. The SMILES string of the molecule is COCC(CNCC(O)c1ccc(C#N)cc1)OC. The fourth-order valence-corrected chi connectivity index (χ4v) is 1.67. The molecule has 0 bridgehead atoms. The minimum Gasteiger partial charge on any atom is -0.387 e. The molecule has 1 aromatic rings. The fraction of sp³-hybridized carbons (Fsp3) is 0.500. The Morgan fingerprint density at radius 2 is 1.95 bits per heavy atom. The highest BCUT2D eigenvalue weighted by Crippen LogP contribution is 2.12. The Morgan fingerprint density at radius 1 is 1.26 bits per heavy atom. The number of hydrogen-bond acceptors (Lipinski definition) is 5. The smallest absolute Gasteiger partial charge is 0.0991 e. The molecule has 0 spiro atoms. The third-order valence-electron chi connectivity index (χ3n) is 2.82. The molecule has 0 heterocycles. The maximum absolute atomic E-state index is 9.98. The van der Waals surface area contributed by atoms with Crippen molar-refractivity contribution < 1.29 is 14.6 Å². The highest BCUT2D eigenvalue weighted by atomic mass is 16.5. The first kappa shape index (κ1) is 15.6. The van der Waals surface area contributed by atoms with Crippen LogP contribution in [-0.2, 0) is 9.47 Å². The molecule has 5 heteroatoms. The number of aliphatic hydroxyl groups excluding tert-OH is 1. The summed E-state index contributed by atoms with van der Waals surface area (Å²) in [5.41, 5.74) is 1.37. The van der Waals surface area contributed by atoms with Gasteiger partial charge in [-0.25, -0.2) is 0 Å². The molecule has 1 aromatic carbocycles. The molecule has 0 aromatic heterocycles. The van der Waals surface area contributed by atoms with E-state index in [4.69, 9.17) is 14.7 Å². The zero-order valence-electron chi connectivity index (χ0n) is 11.3. The molecule has 0 aliphatic carbocycles. The molecule has 0 amide bonds. The Hall–Kier alpha value is -1.45. The van der Waals surface area contributed by atoms with Crippen LogP contribution in [0.25, 0.3) is 0 Å². The largest absolute Gasteiger partial charge is 0.387 e. The monoisotopic (exact) mass is 264 g/mol. The van der Waals surface area contributed by atoms with Crippen LogP contribution in [0.15, 0.2) is 24.3 Å². The molecule has 0 saturated heterocycles. The molecule has 2 N–H and O–H groups in total. The van der Waals surface area contributed by atoms with Crippen molar-refractivity contribution in [3.63, 3.8) is 0 Å². The number of ether oxygens (including phenoxy) is 2. The van der Waals surface area contributed by atoms with Crippen LogP contribution in [0.1, 0.15) is 17.2 Å². The van der Waals surface area contributed by atoms with Crippen molar-refractivity contribution in [1.82, 2.24) is 5.32 Å². The van der Waals surface area contributed by atoms with E-state index in [0.29, 0.717) is 25.3 Å². The molecule has 1 rings (SSSR count). The molecule has 0 aliphatic heterocycles. The summed E-state index contributed by atoms with van der Waals surface area (Å²) in [7, 11) is 3.25. The minimum absolute atomic E-state index is 0.0295. The van der Waals surface area contributed by atoms with Crippen molar-refractivity contribution >= 4 is 0 Å². The molecule has 5 nitrogen and oxygen atoms in total. The van der Waals surface area contributed by atoms with Gasteiger partial charge in [0.2, 0.25) is 0 Å². The van der Waals surface area contributed by atoms with E-state index in [9.17, 15) is 5.11 Å². The van der Waals surface area contributed by atoms with Crippen LogP contribution in [-0.4, -0.2) is 45.1 Å². The Labute approximate surface area is 113 Å². The Kier molecular flexibility index (Phi) is 7.08. The minimum atomic E-state index is -0.604. The van der Waals surface area contributed by atoms with Crippen LogP contribution >= 0.6 is 0 Å². The second kappa shape index (κ2) is 8.62. The molecule has 2 unspecified atom stereocenters. The van der Waals surface area contributed by atoms with Crippen molar-refractivity contribution in [3.8, 4) is 6.07 Å². The predicted molar refractivity (Wildman–Crippen MR) is 71.7 cm³/mol. The van der Waals surface area contributed by atoms with Crippen molar-refractivity contribution in [2.75, 3.05) is 33.9 Å². The summed E-state index contributed by atoms with van der Waals surface area (Å²) in [6.45, 7) is 1.55. The highest BCUT2D eigenvalue weighted by Gasteiger charge is 2.10. The van der Waals surface area contributed by atoms with E-state index in [1.54, 1.807) is 38.5 Å². The summed E-state index contributed by atoms with van der Waals surface area (Å²) in [4.78, 5) is 0. The maximum Gasteiger partial charge on any atom is 0.0991 e. The van der Waals surface area contributed by atoms with Gasteiger partial charge in [-0.1, -0.05) is 12.1 Å². The summed E-state index contributed by atoms with van der Waals surface area (Å²) in [6.07, 6.45) is -0.633. The molecule has 0 radical (unpaired) electrons. The maximum atomic E-state index is 9.98. The van der Waals surface area contributed by atoms with Crippen LogP contribution in [0.3, 0.4) is 0 Å². The number of hydrogen-bond donors (Lipinski definition) is 2. The summed E-state index contributed by atoms with van der Waals surface area (Å²) in [5, 5.41) is 21.8. The van der Waals surface area contributed by atoms with E-state index in [0.717, 1.165) is 5.56 Å². The van der Waals surface area contributed by atoms with E-state index in [1.165, 1.54) is 0 Å². The van der Waals surface area contributed by atoms with E-state index in [2.05, 4.69) is 5.32 Å². The number of aliphatic hydroxyl groups is 1. The number of nitriles is 1. The Balaban J connectivity index is 2.38. The molecule has 0 fully saturated rings. The number of nitrogens with zero attached hydrogens (tertiary/aromatic N) is 1. The van der Waals surface area contributed by atoms with Gasteiger partial charge in [0, 0.05) is 27.3 Å². The van der Waals surface area contributed by atoms with Gasteiger partial charge in [-0.15, -0.1) is 0 Å². The lowest BCUT2D eigenvalue weighted by Crippen LogP contribution is -2.34. The second-order valence-corrected chi connectivity index (χ2v) is 4.22. The highest BCUT2D eigenvalue weighted by molar-refractivity contribution is 5.32. The van der Waals surface area contributed by atoms with Gasteiger partial charge in [0.1, 0.15) is 0 Å². The summed E-state index contributed by atoms with van der Waals surface area (Å²) >= 11 is 0.